The van der Waals surface area contributed by atoms with E-state index in [4.69, 9.17) is 10.8 Å². The lowest BCUT2D eigenvalue weighted by atomic mass is 10.2. The third-order valence-electron chi connectivity index (χ3n) is 3.45. The summed E-state index contributed by atoms with van der Waals surface area (Å²) in [6.07, 6.45) is 2.24. The minimum atomic E-state index is 0.124. The first-order valence-electron chi connectivity index (χ1n) is 7.26. The van der Waals surface area contributed by atoms with Crippen LogP contribution in [0.2, 0.25) is 0 Å². The molecule has 0 aliphatic carbocycles. The quantitative estimate of drug-likeness (QED) is 0.711. The average molecular weight is 289 g/mol. The van der Waals surface area contributed by atoms with E-state index >= 15 is 0 Å². The molecule has 0 amide bonds. The Balaban J connectivity index is 1.94. The fourth-order valence-corrected chi connectivity index (χ4v) is 2.36. The predicted molar refractivity (Wildman–Crippen MR) is 84.2 cm³/mol. The minimum Gasteiger partial charge on any atom is -0.396 e. The molecular formula is C15H23N5O. The van der Waals surface area contributed by atoms with E-state index in [0.29, 0.717) is 6.42 Å². The second kappa shape index (κ2) is 7.08. The highest BCUT2D eigenvalue weighted by molar-refractivity contribution is 5.64. The highest BCUT2D eigenvalue weighted by Gasteiger charge is 2.10. The van der Waals surface area contributed by atoms with Crippen molar-refractivity contribution in [1.29, 1.82) is 0 Å². The van der Waals surface area contributed by atoms with Crippen molar-refractivity contribution in [2.24, 2.45) is 7.05 Å². The van der Waals surface area contributed by atoms with Gasteiger partial charge in [0.2, 0.25) is 0 Å². The zero-order valence-corrected chi connectivity index (χ0v) is 12.6. The summed E-state index contributed by atoms with van der Waals surface area (Å²) in [5.41, 5.74) is 9.75. The van der Waals surface area contributed by atoms with Crippen molar-refractivity contribution in [3.05, 3.63) is 35.3 Å². The van der Waals surface area contributed by atoms with Gasteiger partial charge in [0, 0.05) is 44.4 Å². The van der Waals surface area contributed by atoms with Crippen molar-refractivity contribution in [3.8, 4) is 0 Å². The summed E-state index contributed by atoms with van der Waals surface area (Å²) in [7, 11) is 1.90. The van der Waals surface area contributed by atoms with E-state index in [1.54, 1.807) is 0 Å². The molecule has 21 heavy (non-hydrogen) atoms. The maximum atomic E-state index is 8.94. The number of pyridine rings is 1. The number of hydrogen-bond acceptors (Lipinski definition) is 5. The van der Waals surface area contributed by atoms with Crippen LogP contribution in [0.3, 0.4) is 0 Å². The fourth-order valence-electron chi connectivity index (χ4n) is 2.36. The molecule has 0 fully saturated rings. The second-order valence-electron chi connectivity index (χ2n) is 4.96. The number of rotatable bonds is 7. The van der Waals surface area contributed by atoms with Crippen LogP contribution in [0.5, 0.6) is 0 Å². The van der Waals surface area contributed by atoms with E-state index < -0.39 is 0 Å². The Labute approximate surface area is 125 Å². The van der Waals surface area contributed by atoms with Crippen molar-refractivity contribution in [1.82, 2.24) is 14.8 Å². The van der Waals surface area contributed by atoms with Gasteiger partial charge in [-0.2, -0.15) is 5.10 Å². The van der Waals surface area contributed by atoms with E-state index in [-0.39, 0.29) is 6.61 Å². The van der Waals surface area contributed by atoms with Gasteiger partial charge in [0.05, 0.1) is 11.4 Å². The molecule has 114 valence electrons. The van der Waals surface area contributed by atoms with E-state index in [1.807, 2.05) is 29.9 Å². The van der Waals surface area contributed by atoms with Gasteiger partial charge in [-0.1, -0.05) is 13.0 Å². The first-order valence-corrected chi connectivity index (χ1v) is 7.26. The summed E-state index contributed by atoms with van der Waals surface area (Å²) in [5, 5.41) is 16.6. The molecule has 0 aromatic carbocycles. The van der Waals surface area contributed by atoms with Gasteiger partial charge in [-0.05, 0) is 18.6 Å². The minimum absolute atomic E-state index is 0.124. The van der Waals surface area contributed by atoms with Gasteiger partial charge in [0.25, 0.3) is 0 Å². The lowest BCUT2D eigenvalue weighted by molar-refractivity contribution is 0.298. The van der Waals surface area contributed by atoms with E-state index in [1.165, 1.54) is 0 Å². The molecule has 0 radical (unpaired) electrons. The van der Waals surface area contributed by atoms with E-state index in [9.17, 15) is 0 Å². The normalized spacial score (nSPS) is 10.8. The molecule has 0 spiro atoms. The third-order valence-corrected chi connectivity index (χ3v) is 3.45. The van der Waals surface area contributed by atoms with Gasteiger partial charge in [-0.3, -0.25) is 9.67 Å². The molecule has 2 rings (SSSR count). The number of hydrogen-bond donors (Lipinski definition) is 3. The van der Waals surface area contributed by atoms with Crippen molar-refractivity contribution in [2.75, 3.05) is 24.2 Å². The van der Waals surface area contributed by atoms with Gasteiger partial charge >= 0.3 is 0 Å². The molecule has 6 nitrogen and oxygen atoms in total. The van der Waals surface area contributed by atoms with Crippen LogP contribution in [0.4, 0.5) is 11.5 Å². The summed E-state index contributed by atoms with van der Waals surface area (Å²) >= 11 is 0. The lowest BCUT2D eigenvalue weighted by Crippen LogP contribution is -2.09. The van der Waals surface area contributed by atoms with Crippen molar-refractivity contribution in [2.45, 2.75) is 26.2 Å². The maximum absolute atomic E-state index is 8.94. The molecular weight excluding hydrogens is 266 g/mol. The Hall–Kier alpha value is -2.08. The zero-order valence-electron chi connectivity index (χ0n) is 12.6. The SMILES string of the molecule is CCc1c(N)c(NCCc2cccc(CCO)n2)nn1C. The second-order valence-corrected chi connectivity index (χ2v) is 4.96. The number of aromatic nitrogens is 3. The number of nitrogens with one attached hydrogen (secondary N) is 1. The molecule has 2 aromatic heterocycles. The largest absolute Gasteiger partial charge is 0.396 e. The molecule has 0 saturated carbocycles. The summed E-state index contributed by atoms with van der Waals surface area (Å²) in [6.45, 7) is 2.91. The highest BCUT2D eigenvalue weighted by atomic mass is 16.3. The van der Waals surface area contributed by atoms with Crippen LogP contribution in [0.15, 0.2) is 18.2 Å². The van der Waals surface area contributed by atoms with Crippen molar-refractivity contribution >= 4 is 11.5 Å². The Kier molecular flexibility index (Phi) is 5.16. The van der Waals surface area contributed by atoms with Gasteiger partial charge in [0.15, 0.2) is 5.82 Å². The van der Waals surface area contributed by atoms with Crippen LogP contribution in [0.1, 0.15) is 24.0 Å². The van der Waals surface area contributed by atoms with Gasteiger partial charge < -0.3 is 16.2 Å². The molecule has 0 aliphatic heterocycles. The number of aliphatic hydroxyl groups is 1. The van der Waals surface area contributed by atoms with Crippen LogP contribution in [-0.4, -0.2) is 33.0 Å². The highest BCUT2D eigenvalue weighted by Crippen LogP contribution is 2.21. The third kappa shape index (κ3) is 3.72. The smallest absolute Gasteiger partial charge is 0.171 e. The molecule has 0 unspecified atom stereocenters. The van der Waals surface area contributed by atoms with Gasteiger partial charge in [-0.15, -0.1) is 0 Å². The Morgan fingerprint density at radius 2 is 2.00 bits per heavy atom. The predicted octanol–water partition coefficient (Wildman–Crippen LogP) is 1.15. The van der Waals surface area contributed by atoms with Crippen LogP contribution >= 0.6 is 0 Å². The summed E-state index contributed by atoms with van der Waals surface area (Å²) in [5.74, 6) is 0.737. The Bertz CT molecular complexity index is 594. The van der Waals surface area contributed by atoms with Crippen LogP contribution in [0, 0.1) is 0 Å². The van der Waals surface area contributed by atoms with Gasteiger partial charge in [-0.25, -0.2) is 0 Å². The molecule has 2 aromatic rings. The average Bonchev–Trinajstić information content (AvgIpc) is 2.74. The zero-order chi connectivity index (χ0) is 15.2. The summed E-state index contributed by atoms with van der Waals surface area (Å²) in [4.78, 5) is 4.50. The number of nitrogens with zero attached hydrogens (tertiary/aromatic N) is 3. The number of nitrogens with two attached hydrogens (primary N) is 1. The number of aryl methyl sites for hydroxylation is 1. The maximum Gasteiger partial charge on any atom is 0.171 e. The molecule has 4 N–H and O–H groups in total. The molecule has 0 bridgehead atoms. The van der Waals surface area contributed by atoms with Crippen LogP contribution < -0.4 is 11.1 Å². The van der Waals surface area contributed by atoms with E-state index in [2.05, 4.69) is 22.3 Å². The first kappa shape index (κ1) is 15.3. The number of anilines is 2. The monoisotopic (exact) mass is 289 g/mol. The topological polar surface area (TPSA) is 89.0 Å². The molecule has 0 aliphatic rings. The first-order chi connectivity index (χ1) is 10.2. The molecule has 6 heteroatoms. The van der Waals surface area contributed by atoms with Crippen molar-refractivity contribution in [3.63, 3.8) is 0 Å². The molecule has 0 saturated heterocycles. The molecule has 2 heterocycles. The standard InChI is InChI=1S/C15H23N5O/c1-3-13-14(16)15(19-20(13)2)17-9-7-11-5-4-6-12(18-11)8-10-21/h4-6,21H,3,7-10,16H2,1-2H3,(H,17,19). The van der Waals surface area contributed by atoms with E-state index in [0.717, 1.165) is 48.0 Å². The summed E-state index contributed by atoms with van der Waals surface area (Å²) in [6, 6.07) is 5.89. The fraction of sp³-hybridized carbons (Fsp3) is 0.467. The number of nitrogen functional groups attached to an aromatic ring is 1. The van der Waals surface area contributed by atoms with Gasteiger partial charge in [0.1, 0.15) is 0 Å². The Morgan fingerprint density at radius 1 is 1.29 bits per heavy atom. The van der Waals surface area contributed by atoms with Crippen molar-refractivity contribution < 1.29 is 5.11 Å². The number of aliphatic hydroxyl groups excluding tert-OH is 1. The Morgan fingerprint density at radius 3 is 2.62 bits per heavy atom. The molecule has 0 atom stereocenters. The van der Waals surface area contributed by atoms with Crippen LogP contribution in [-0.2, 0) is 26.3 Å². The van der Waals surface area contributed by atoms with Crippen LogP contribution in [0.25, 0.3) is 0 Å². The lowest BCUT2D eigenvalue weighted by Gasteiger charge is -2.05. The summed E-state index contributed by atoms with van der Waals surface area (Å²) < 4.78 is 1.82.